The van der Waals surface area contributed by atoms with Crippen LogP contribution in [0.5, 0.6) is 0 Å². The Bertz CT molecular complexity index is 587. The molecule has 0 amide bonds. The monoisotopic (exact) mass is 280 g/mol. The van der Waals surface area contributed by atoms with E-state index in [1.165, 1.54) is 0 Å². The average molecular weight is 280 g/mol. The molecule has 0 fully saturated rings. The highest BCUT2D eigenvalue weighted by molar-refractivity contribution is 5.94. The minimum Gasteiger partial charge on any atom is -0.382 e. The summed E-state index contributed by atoms with van der Waals surface area (Å²) in [6, 6.07) is 6.00. The van der Waals surface area contributed by atoms with Gasteiger partial charge in [-0.25, -0.2) is 8.78 Å². The number of para-hydroxylation sites is 1. The Hall–Kier alpha value is -1.75. The first-order valence-electron chi connectivity index (χ1n) is 6.54. The van der Waals surface area contributed by atoms with Crippen molar-refractivity contribution in [3.63, 3.8) is 0 Å². The lowest BCUT2D eigenvalue weighted by Crippen LogP contribution is -2.14. The lowest BCUT2D eigenvalue weighted by Gasteiger charge is -2.13. The van der Waals surface area contributed by atoms with Gasteiger partial charge in [0.25, 0.3) is 6.43 Å². The highest BCUT2D eigenvalue weighted by Crippen LogP contribution is 2.26. The van der Waals surface area contributed by atoms with Crippen molar-refractivity contribution < 1.29 is 13.5 Å². The molecule has 1 aromatic heterocycles. The summed E-state index contributed by atoms with van der Waals surface area (Å²) >= 11 is 0. The highest BCUT2D eigenvalue weighted by atomic mass is 19.3. The number of hydrogen-bond acceptors (Lipinski definition) is 3. The molecule has 0 radical (unpaired) electrons. The number of halogens is 2. The maximum atomic E-state index is 11.9. The van der Waals surface area contributed by atoms with E-state index in [4.69, 9.17) is 4.74 Å². The van der Waals surface area contributed by atoms with Gasteiger partial charge in [0.1, 0.15) is 6.61 Å². The van der Waals surface area contributed by atoms with E-state index in [1.807, 2.05) is 38.2 Å². The fraction of sp³-hybridized carbons (Fsp3) is 0.400. The lowest BCUT2D eigenvalue weighted by molar-refractivity contribution is 0.0215. The van der Waals surface area contributed by atoms with Crippen LogP contribution in [0.15, 0.2) is 24.4 Å². The second kappa shape index (κ2) is 6.61. The van der Waals surface area contributed by atoms with E-state index < -0.39 is 13.0 Å². The van der Waals surface area contributed by atoms with Crippen molar-refractivity contribution in [1.82, 2.24) is 4.98 Å². The molecule has 2 rings (SSSR count). The first-order valence-corrected chi connectivity index (χ1v) is 6.54. The van der Waals surface area contributed by atoms with Crippen LogP contribution in [0.1, 0.15) is 11.1 Å². The Balaban J connectivity index is 2.09. The minimum absolute atomic E-state index is 0.249. The van der Waals surface area contributed by atoms with Gasteiger partial charge in [-0.2, -0.15) is 0 Å². The Labute approximate surface area is 117 Å². The van der Waals surface area contributed by atoms with Gasteiger partial charge in [0.2, 0.25) is 0 Å². The number of ether oxygens (including phenoxy) is 1. The topological polar surface area (TPSA) is 34.2 Å². The number of rotatable bonds is 6. The van der Waals surface area contributed by atoms with Crippen LogP contribution >= 0.6 is 0 Å². The van der Waals surface area contributed by atoms with Crippen LogP contribution in [0.3, 0.4) is 0 Å². The predicted octanol–water partition coefficient (Wildman–Crippen LogP) is 3.55. The van der Waals surface area contributed by atoms with Gasteiger partial charge in [-0.15, -0.1) is 0 Å². The SMILES string of the molecule is Cc1cnc2c(C)cccc2c1NCCOCC(F)F. The summed E-state index contributed by atoms with van der Waals surface area (Å²) < 4.78 is 28.8. The summed E-state index contributed by atoms with van der Waals surface area (Å²) in [6.45, 7) is 4.20. The van der Waals surface area contributed by atoms with Gasteiger partial charge in [0.15, 0.2) is 0 Å². The van der Waals surface area contributed by atoms with E-state index in [2.05, 4.69) is 10.3 Å². The molecule has 2 aromatic rings. The first kappa shape index (κ1) is 14.7. The van der Waals surface area contributed by atoms with Crippen LogP contribution in [0.4, 0.5) is 14.5 Å². The highest BCUT2D eigenvalue weighted by Gasteiger charge is 2.07. The number of nitrogens with zero attached hydrogens (tertiary/aromatic N) is 1. The predicted molar refractivity (Wildman–Crippen MR) is 76.5 cm³/mol. The van der Waals surface area contributed by atoms with Crippen molar-refractivity contribution in [3.8, 4) is 0 Å². The fourth-order valence-corrected chi connectivity index (χ4v) is 2.13. The molecule has 1 N–H and O–H groups in total. The molecule has 0 saturated carbocycles. The summed E-state index contributed by atoms with van der Waals surface area (Å²) in [5.41, 5.74) is 4.07. The van der Waals surface area contributed by atoms with Gasteiger partial charge in [0.05, 0.1) is 12.1 Å². The van der Waals surface area contributed by atoms with Crippen LogP contribution in [-0.4, -0.2) is 31.2 Å². The molecule has 0 aliphatic carbocycles. The van der Waals surface area contributed by atoms with E-state index in [1.54, 1.807) is 0 Å². The first-order chi connectivity index (χ1) is 9.59. The zero-order valence-corrected chi connectivity index (χ0v) is 11.6. The van der Waals surface area contributed by atoms with Gasteiger partial charge >= 0.3 is 0 Å². The molecule has 0 bridgehead atoms. The smallest absolute Gasteiger partial charge is 0.261 e. The summed E-state index contributed by atoms with van der Waals surface area (Å²) in [4.78, 5) is 4.44. The van der Waals surface area contributed by atoms with Crippen molar-refractivity contribution in [3.05, 3.63) is 35.5 Å². The number of pyridine rings is 1. The van der Waals surface area contributed by atoms with Crippen LogP contribution in [0.2, 0.25) is 0 Å². The number of aromatic nitrogens is 1. The van der Waals surface area contributed by atoms with Crippen molar-refractivity contribution in [2.45, 2.75) is 20.3 Å². The molecule has 1 aromatic carbocycles. The van der Waals surface area contributed by atoms with E-state index in [-0.39, 0.29) is 6.61 Å². The van der Waals surface area contributed by atoms with Gasteiger partial charge in [-0.05, 0) is 25.0 Å². The fourth-order valence-electron chi connectivity index (χ4n) is 2.13. The molecule has 0 spiro atoms. The Morgan fingerprint density at radius 2 is 2.05 bits per heavy atom. The summed E-state index contributed by atoms with van der Waals surface area (Å²) in [5, 5.41) is 4.29. The number of benzene rings is 1. The van der Waals surface area contributed by atoms with Crippen LogP contribution in [0.25, 0.3) is 10.9 Å². The van der Waals surface area contributed by atoms with Gasteiger partial charge in [0, 0.05) is 23.8 Å². The van der Waals surface area contributed by atoms with Crippen LogP contribution in [-0.2, 0) is 4.74 Å². The molecular weight excluding hydrogens is 262 g/mol. The number of hydrogen-bond donors (Lipinski definition) is 1. The molecule has 108 valence electrons. The lowest BCUT2D eigenvalue weighted by atomic mass is 10.1. The van der Waals surface area contributed by atoms with E-state index in [9.17, 15) is 8.78 Å². The standard InChI is InChI=1S/C15H18F2N2O/c1-10-4-3-5-12-14(10)19-8-11(2)15(12)18-6-7-20-9-13(16)17/h3-5,8,13H,6-7,9H2,1-2H3,(H,18,19). The number of anilines is 1. The third kappa shape index (κ3) is 3.42. The zero-order valence-electron chi connectivity index (χ0n) is 11.6. The molecule has 0 unspecified atom stereocenters. The molecular formula is C15H18F2N2O. The Morgan fingerprint density at radius 3 is 2.80 bits per heavy atom. The molecule has 20 heavy (non-hydrogen) atoms. The number of fused-ring (bicyclic) bond motifs is 1. The minimum atomic E-state index is -2.42. The van der Waals surface area contributed by atoms with Gasteiger partial charge in [-0.1, -0.05) is 18.2 Å². The second-order valence-corrected chi connectivity index (χ2v) is 4.68. The van der Waals surface area contributed by atoms with E-state index in [0.717, 1.165) is 27.7 Å². The molecule has 0 aliphatic rings. The third-order valence-corrected chi connectivity index (χ3v) is 3.08. The second-order valence-electron chi connectivity index (χ2n) is 4.68. The average Bonchev–Trinajstić information content (AvgIpc) is 2.40. The zero-order chi connectivity index (χ0) is 14.5. The van der Waals surface area contributed by atoms with Crippen molar-refractivity contribution >= 4 is 16.6 Å². The normalized spacial score (nSPS) is 11.2. The summed E-state index contributed by atoms with van der Waals surface area (Å²) in [6.07, 6.45) is -0.598. The molecule has 0 atom stereocenters. The third-order valence-electron chi connectivity index (χ3n) is 3.08. The quantitative estimate of drug-likeness (QED) is 0.822. The molecule has 5 heteroatoms. The summed E-state index contributed by atoms with van der Waals surface area (Å²) in [7, 11) is 0. The van der Waals surface area contributed by atoms with Gasteiger partial charge < -0.3 is 10.1 Å². The van der Waals surface area contributed by atoms with Crippen molar-refractivity contribution in [2.24, 2.45) is 0 Å². The Morgan fingerprint density at radius 1 is 1.25 bits per heavy atom. The number of aryl methyl sites for hydroxylation is 2. The van der Waals surface area contributed by atoms with E-state index >= 15 is 0 Å². The largest absolute Gasteiger partial charge is 0.382 e. The van der Waals surface area contributed by atoms with Crippen LogP contribution < -0.4 is 5.32 Å². The van der Waals surface area contributed by atoms with Gasteiger partial charge in [-0.3, -0.25) is 4.98 Å². The number of nitrogens with one attached hydrogen (secondary N) is 1. The van der Waals surface area contributed by atoms with Crippen LogP contribution in [0, 0.1) is 13.8 Å². The molecule has 1 heterocycles. The van der Waals surface area contributed by atoms with Crippen molar-refractivity contribution in [2.75, 3.05) is 25.1 Å². The molecule has 0 aliphatic heterocycles. The molecule has 0 saturated heterocycles. The van der Waals surface area contributed by atoms with Crippen molar-refractivity contribution in [1.29, 1.82) is 0 Å². The maximum absolute atomic E-state index is 11.9. The summed E-state index contributed by atoms with van der Waals surface area (Å²) in [5.74, 6) is 0. The molecule has 3 nitrogen and oxygen atoms in total. The van der Waals surface area contributed by atoms with E-state index in [0.29, 0.717) is 6.54 Å². The number of alkyl halides is 2. The maximum Gasteiger partial charge on any atom is 0.261 e. The Kier molecular flexibility index (Phi) is 4.84.